The van der Waals surface area contributed by atoms with Crippen LogP contribution >= 0.6 is 11.8 Å². The molecule has 0 aliphatic rings. The van der Waals surface area contributed by atoms with E-state index in [1.807, 2.05) is 6.26 Å². The van der Waals surface area contributed by atoms with Crippen LogP contribution in [0.1, 0.15) is 40.4 Å². The van der Waals surface area contributed by atoms with Gasteiger partial charge in [0.15, 0.2) is 5.16 Å². The van der Waals surface area contributed by atoms with E-state index < -0.39 is 11.7 Å². The normalized spacial score (nSPS) is 10.6. The molecule has 7 heteroatoms. The minimum Gasteiger partial charge on any atom is -0.444 e. The van der Waals surface area contributed by atoms with Gasteiger partial charge in [0, 0.05) is 13.0 Å². The quantitative estimate of drug-likeness (QED) is 0.864. The number of nitrogens with zero attached hydrogens (tertiary/aromatic N) is 3. The first kappa shape index (κ1) is 17.8. The van der Waals surface area contributed by atoms with E-state index in [2.05, 4.69) is 33.3 Å². The summed E-state index contributed by atoms with van der Waals surface area (Å²) in [6.45, 7) is 10.5. The van der Waals surface area contributed by atoms with Gasteiger partial charge < -0.3 is 15.0 Å². The number of primary amides is 1. The zero-order valence-electron chi connectivity index (χ0n) is 12.6. The average molecular weight is 288 g/mol. The van der Waals surface area contributed by atoms with Crippen LogP contribution in [0.4, 0.5) is 4.79 Å². The minimum absolute atomic E-state index is 0.453. The highest BCUT2D eigenvalue weighted by Gasteiger charge is 2.12. The Labute approximate surface area is 119 Å². The van der Waals surface area contributed by atoms with Crippen molar-refractivity contribution in [3.05, 3.63) is 5.82 Å². The molecule has 0 radical (unpaired) electrons. The molecule has 0 aromatic carbocycles. The van der Waals surface area contributed by atoms with Crippen molar-refractivity contribution in [2.24, 2.45) is 5.73 Å². The van der Waals surface area contributed by atoms with Crippen molar-refractivity contribution in [1.29, 1.82) is 0 Å². The molecular formula is C12H24N4O2S. The fourth-order valence-corrected chi connectivity index (χ4v) is 1.93. The Morgan fingerprint density at radius 2 is 1.95 bits per heavy atom. The van der Waals surface area contributed by atoms with Crippen molar-refractivity contribution in [2.75, 3.05) is 6.26 Å². The Balaban J connectivity index is 0.000000362. The lowest BCUT2D eigenvalue weighted by Crippen LogP contribution is -2.27. The number of amides is 1. The molecule has 1 aromatic rings. The van der Waals surface area contributed by atoms with Gasteiger partial charge in [0.05, 0.1) is 0 Å². The number of rotatable bonds is 3. The smallest absolute Gasteiger partial charge is 0.405 e. The molecule has 1 rings (SSSR count). The number of thioether (sulfide) groups is 1. The summed E-state index contributed by atoms with van der Waals surface area (Å²) in [5.74, 6) is 1.08. The number of aromatic nitrogens is 3. The molecule has 0 saturated carbocycles. The fraction of sp³-hybridized carbons (Fsp3) is 0.750. The second kappa shape index (κ2) is 8.04. The summed E-state index contributed by atoms with van der Waals surface area (Å²) in [6, 6.07) is 0. The number of ether oxygens (including phenoxy) is 1. The van der Waals surface area contributed by atoms with Gasteiger partial charge in [-0.2, -0.15) is 0 Å². The SMILES string of the molecule is CC(C)(C)OC(N)=O.CCc1nnc(SC)n1CC. The van der Waals surface area contributed by atoms with Crippen molar-refractivity contribution in [3.63, 3.8) is 0 Å². The van der Waals surface area contributed by atoms with Gasteiger partial charge >= 0.3 is 6.09 Å². The lowest BCUT2D eigenvalue weighted by Gasteiger charge is -2.16. The summed E-state index contributed by atoms with van der Waals surface area (Å²) >= 11 is 1.65. The molecule has 0 atom stereocenters. The van der Waals surface area contributed by atoms with Gasteiger partial charge in [-0.05, 0) is 34.0 Å². The first-order chi connectivity index (χ1) is 8.75. The van der Waals surface area contributed by atoms with E-state index in [1.54, 1.807) is 32.5 Å². The Hall–Kier alpha value is -1.24. The number of hydrogen-bond donors (Lipinski definition) is 1. The third-order valence-electron chi connectivity index (χ3n) is 2.02. The van der Waals surface area contributed by atoms with Crippen LogP contribution in [0, 0.1) is 0 Å². The maximum Gasteiger partial charge on any atom is 0.405 e. The molecule has 0 aliphatic carbocycles. The molecule has 1 aromatic heterocycles. The molecule has 0 fully saturated rings. The zero-order chi connectivity index (χ0) is 15.1. The summed E-state index contributed by atoms with van der Waals surface area (Å²) in [6.07, 6.45) is 2.26. The van der Waals surface area contributed by atoms with Gasteiger partial charge in [0.25, 0.3) is 0 Å². The first-order valence-electron chi connectivity index (χ1n) is 6.19. The Morgan fingerprint density at radius 1 is 1.37 bits per heavy atom. The minimum atomic E-state index is -0.725. The number of aryl methyl sites for hydroxylation is 1. The van der Waals surface area contributed by atoms with Crippen molar-refractivity contribution in [2.45, 2.75) is 58.3 Å². The highest BCUT2D eigenvalue weighted by molar-refractivity contribution is 7.98. The van der Waals surface area contributed by atoms with Crippen LogP contribution < -0.4 is 5.73 Å². The van der Waals surface area contributed by atoms with E-state index in [-0.39, 0.29) is 0 Å². The number of carbonyl (C=O) groups excluding carboxylic acids is 1. The van der Waals surface area contributed by atoms with E-state index in [0.717, 1.165) is 23.9 Å². The van der Waals surface area contributed by atoms with Gasteiger partial charge in [0.2, 0.25) is 0 Å². The average Bonchev–Trinajstić information content (AvgIpc) is 2.67. The molecule has 1 amide bonds. The van der Waals surface area contributed by atoms with E-state index in [1.165, 1.54) is 0 Å². The Morgan fingerprint density at radius 3 is 2.21 bits per heavy atom. The van der Waals surface area contributed by atoms with Gasteiger partial charge in [-0.25, -0.2) is 4.79 Å². The van der Waals surface area contributed by atoms with Crippen molar-refractivity contribution < 1.29 is 9.53 Å². The van der Waals surface area contributed by atoms with Crippen molar-refractivity contribution >= 4 is 17.9 Å². The Kier molecular flexibility index (Phi) is 7.51. The molecular weight excluding hydrogens is 264 g/mol. The third kappa shape index (κ3) is 7.05. The molecule has 2 N–H and O–H groups in total. The highest BCUT2D eigenvalue weighted by atomic mass is 32.2. The molecule has 19 heavy (non-hydrogen) atoms. The molecule has 110 valence electrons. The monoisotopic (exact) mass is 288 g/mol. The van der Waals surface area contributed by atoms with Gasteiger partial charge in [-0.3, -0.25) is 0 Å². The van der Waals surface area contributed by atoms with Crippen LogP contribution in [-0.2, 0) is 17.7 Å². The van der Waals surface area contributed by atoms with Gasteiger partial charge in [-0.15, -0.1) is 10.2 Å². The second-order valence-electron chi connectivity index (χ2n) is 4.73. The fourth-order valence-electron chi connectivity index (χ4n) is 1.35. The largest absolute Gasteiger partial charge is 0.444 e. The maximum absolute atomic E-state index is 10.0. The number of nitrogens with two attached hydrogens (primary N) is 1. The summed E-state index contributed by atoms with van der Waals surface area (Å²) in [7, 11) is 0. The van der Waals surface area contributed by atoms with Crippen LogP contribution in [0.3, 0.4) is 0 Å². The van der Waals surface area contributed by atoms with E-state index in [9.17, 15) is 4.79 Å². The number of carbonyl (C=O) groups is 1. The standard InChI is InChI=1S/C7H13N3S.C5H11NO2/c1-4-6-8-9-7(11-3)10(6)5-2;1-5(2,3)8-4(6)7/h4-5H2,1-3H3;1-3H3,(H2,6,7). The summed E-state index contributed by atoms with van der Waals surface area (Å²) in [5.41, 5.74) is 4.26. The molecule has 0 spiro atoms. The maximum atomic E-state index is 10.0. The van der Waals surface area contributed by atoms with E-state index in [0.29, 0.717) is 0 Å². The zero-order valence-corrected chi connectivity index (χ0v) is 13.4. The topological polar surface area (TPSA) is 83.0 Å². The highest BCUT2D eigenvalue weighted by Crippen LogP contribution is 2.13. The lowest BCUT2D eigenvalue weighted by atomic mass is 10.2. The Bertz CT molecular complexity index is 377. The first-order valence-corrected chi connectivity index (χ1v) is 7.42. The number of hydrogen-bond acceptors (Lipinski definition) is 5. The molecule has 0 saturated heterocycles. The van der Waals surface area contributed by atoms with Crippen LogP contribution in [0.25, 0.3) is 0 Å². The van der Waals surface area contributed by atoms with Gasteiger partial charge in [-0.1, -0.05) is 18.7 Å². The lowest BCUT2D eigenvalue weighted by molar-refractivity contribution is 0.0600. The predicted molar refractivity (Wildman–Crippen MR) is 77.3 cm³/mol. The van der Waals surface area contributed by atoms with Crippen molar-refractivity contribution in [3.8, 4) is 0 Å². The van der Waals surface area contributed by atoms with Crippen LogP contribution in [0.5, 0.6) is 0 Å². The van der Waals surface area contributed by atoms with E-state index >= 15 is 0 Å². The molecule has 6 nitrogen and oxygen atoms in total. The molecule has 1 heterocycles. The molecule has 0 bridgehead atoms. The third-order valence-corrected chi connectivity index (χ3v) is 2.68. The molecule has 0 aliphatic heterocycles. The second-order valence-corrected chi connectivity index (χ2v) is 5.51. The van der Waals surface area contributed by atoms with Crippen LogP contribution in [0.2, 0.25) is 0 Å². The van der Waals surface area contributed by atoms with Crippen LogP contribution in [0.15, 0.2) is 5.16 Å². The molecule has 0 unspecified atom stereocenters. The summed E-state index contributed by atoms with van der Waals surface area (Å²) in [4.78, 5) is 10.0. The van der Waals surface area contributed by atoms with Crippen molar-refractivity contribution in [1.82, 2.24) is 14.8 Å². The summed E-state index contributed by atoms with van der Waals surface area (Å²) in [5, 5.41) is 9.14. The summed E-state index contributed by atoms with van der Waals surface area (Å²) < 4.78 is 6.72. The van der Waals surface area contributed by atoms with Crippen LogP contribution in [-0.4, -0.2) is 32.7 Å². The van der Waals surface area contributed by atoms with Gasteiger partial charge in [0.1, 0.15) is 11.4 Å². The predicted octanol–water partition coefficient (Wildman–Crippen LogP) is 2.46. The van der Waals surface area contributed by atoms with E-state index in [4.69, 9.17) is 5.73 Å².